The van der Waals surface area contributed by atoms with Crippen LogP contribution >= 0.6 is 0 Å². The third-order valence-corrected chi connectivity index (χ3v) is 6.64. The van der Waals surface area contributed by atoms with Crippen molar-refractivity contribution < 1.29 is 22.6 Å². The summed E-state index contributed by atoms with van der Waals surface area (Å²) in [7, 11) is 0. The van der Waals surface area contributed by atoms with E-state index in [1.807, 2.05) is 25.1 Å². The minimum atomic E-state index is -4.68. The van der Waals surface area contributed by atoms with E-state index in [4.69, 9.17) is 14.9 Å². The molecule has 6 nitrogen and oxygen atoms in total. The molecule has 2 aromatic rings. The van der Waals surface area contributed by atoms with Crippen LogP contribution < -0.4 is 0 Å². The number of alkyl halides is 3. The molecule has 1 N–H and O–H groups in total. The van der Waals surface area contributed by atoms with Crippen LogP contribution in [0.25, 0.3) is 0 Å². The van der Waals surface area contributed by atoms with Crippen molar-refractivity contribution >= 4 is 5.90 Å². The van der Waals surface area contributed by atoms with Crippen molar-refractivity contribution in [2.45, 2.75) is 31.9 Å². The number of benzene rings is 2. The molecule has 2 saturated heterocycles. The van der Waals surface area contributed by atoms with Crippen molar-refractivity contribution in [1.82, 2.24) is 0 Å². The third-order valence-electron chi connectivity index (χ3n) is 6.64. The van der Waals surface area contributed by atoms with Gasteiger partial charge in [0, 0.05) is 5.56 Å². The highest BCUT2D eigenvalue weighted by atomic mass is 19.4. The fourth-order valence-corrected chi connectivity index (χ4v) is 4.83. The lowest BCUT2D eigenvalue weighted by Gasteiger charge is -2.48. The number of nitrogens with zero attached hydrogens (tertiary/aromatic N) is 3. The molecule has 2 aliphatic heterocycles. The molecule has 2 aromatic carbocycles. The lowest BCUT2D eigenvalue weighted by Crippen LogP contribution is -2.57. The average Bonchev–Trinajstić information content (AvgIpc) is 2.95. The first-order valence-electron chi connectivity index (χ1n) is 9.96. The Bertz CT molecular complexity index is 1250. The minimum Gasteiger partial charge on any atom is -0.443 e. The molecule has 2 fully saturated rings. The number of aryl methyl sites for hydroxylation is 1. The van der Waals surface area contributed by atoms with Gasteiger partial charge in [-0.15, -0.1) is 0 Å². The topological polar surface area (TPSA) is 114 Å². The Balaban J connectivity index is 2.03. The van der Waals surface area contributed by atoms with E-state index >= 15 is 0 Å². The number of hydrogen-bond acceptors (Lipinski definition) is 6. The van der Waals surface area contributed by atoms with Crippen molar-refractivity contribution in [3.05, 3.63) is 70.8 Å². The predicted octanol–water partition coefficient (Wildman–Crippen LogP) is 5.13. The Morgan fingerprint density at radius 2 is 1.64 bits per heavy atom. The van der Waals surface area contributed by atoms with Crippen LogP contribution in [0.2, 0.25) is 0 Å². The SMILES string of the molecule is Cc1ccc(C23OC(=N)C(C#N)(C2C)C(C#N)(C#N)C(c2cccc(C(F)(F)F)c2)O3)cc1. The molecule has 0 spiro atoms. The van der Waals surface area contributed by atoms with Crippen molar-refractivity contribution in [3.8, 4) is 18.2 Å². The lowest BCUT2D eigenvalue weighted by molar-refractivity contribution is -0.288. The molecule has 2 bridgehead atoms. The van der Waals surface area contributed by atoms with E-state index in [1.54, 1.807) is 24.3 Å². The van der Waals surface area contributed by atoms with Gasteiger partial charge in [-0.3, -0.25) is 5.41 Å². The number of hydrogen-bond donors (Lipinski definition) is 1. The summed E-state index contributed by atoms with van der Waals surface area (Å²) >= 11 is 0. The summed E-state index contributed by atoms with van der Waals surface area (Å²) in [6.45, 7) is 3.39. The molecule has 33 heavy (non-hydrogen) atoms. The second-order valence-corrected chi connectivity index (χ2v) is 8.26. The molecule has 166 valence electrons. The van der Waals surface area contributed by atoms with Gasteiger partial charge in [0.25, 0.3) is 0 Å². The van der Waals surface area contributed by atoms with Crippen molar-refractivity contribution in [3.63, 3.8) is 0 Å². The van der Waals surface area contributed by atoms with Crippen LogP contribution in [0.5, 0.6) is 0 Å². The summed E-state index contributed by atoms with van der Waals surface area (Å²) in [6, 6.07) is 16.5. The molecule has 4 rings (SSSR count). The van der Waals surface area contributed by atoms with Gasteiger partial charge in [-0.1, -0.05) is 48.9 Å². The summed E-state index contributed by atoms with van der Waals surface area (Å²) in [5, 5.41) is 39.1. The highest BCUT2D eigenvalue weighted by Gasteiger charge is 2.79. The molecule has 4 unspecified atom stereocenters. The highest BCUT2D eigenvalue weighted by molar-refractivity contribution is 5.89. The maximum absolute atomic E-state index is 13.4. The van der Waals surface area contributed by atoms with Crippen LogP contribution in [0.15, 0.2) is 48.5 Å². The standard InChI is InChI=1S/C24H17F3N4O2/c1-14-6-8-17(9-7-14)23-15(2)22(13-30,20(31)33-23)21(11-28,12-29)19(32-23)16-4-3-5-18(10-16)24(25,26)27/h3-10,15,19,31H,1-2H3. The van der Waals surface area contributed by atoms with Crippen LogP contribution in [0, 0.1) is 63.1 Å². The zero-order valence-electron chi connectivity index (χ0n) is 17.6. The molecule has 0 aliphatic carbocycles. The number of nitriles is 3. The van der Waals surface area contributed by atoms with E-state index in [-0.39, 0.29) is 5.56 Å². The van der Waals surface area contributed by atoms with E-state index in [0.29, 0.717) is 5.56 Å². The zero-order chi connectivity index (χ0) is 24.2. The predicted molar refractivity (Wildman–Crippen MR) is 108 cm³/mol. The molecule has 0 saturated carbocycles. The summed E-state index contributed by atoms with van der Waals surface area (Å²) in [5.74, 6) is -3.38. The summed E-state index contributed by atoms with van der Waals surface area (Å²) < 4.78 is 52.3. The van der Waals surface area contributed by atoms with Gasteiger partial charge in [0.1, 0.15) is 6.10 Å². The van der Waals surface area contributed by atoms with Crippen LogP contribution in [0.4, 0.5) is 13.2 Å². The first-order chi connectivity index (χ1) is 15.5. The molecular weight excluding hydrogens is 433 g/mol. The Morgan fingerprint density at radius 1 is 1.00 bits per heavy atom. The molecule has 0 radical (unpaired) electrons. The van der Waals surface area contributed by atoms with E-state index in [1.165, 1.54) is 13.0 Å². The van der Waals surface area contributed by atoms with Gasteiger partial charge in [0.2, 0.25) is 17.1 Å². The quantitative estimate of drug-likeness (QED) is 0.682. The maximum Gasteiger partial charge on any atom is 0.416 e. The van der Waals surface area contributed by atoms with Gasteiger partial charge >= 0.3 is 6.18 Å². The van der Waals surface area contributed by atoms with Crippen molar-refractivity contribution in [2.24, 2.45) is 16.7 Å². The van der Waals surface area contributed by atoms with E-state index in [0.717, 1.165) is 23.8 Å². The normalized spacial score (nSPS) is 29.9. The zero-order valence-corrected chi connectivity index (χ0v) is 17.6. The first kappa shape index (κ1) is 22.3. The van der Waals surface area contributed by atoms with Crippen molar-refractivity contribution in [1.29, 1.82) is 21.2 Å². The molecule has 4 atom stereocenters. The number of rotatable bonds is 2. The van der Waals surface area contributed by atoms with Gasteiger partial charge in [-0.25, -0.2) is 0 Å². The smallest absolute Gasteiger partial charge is 0.416 e. The van der Waals surface area contributed by atoms with Gasteiger partial charge in [0.05, 0.1) is 29.7 Å². The second kappa shape index (κ2) is 7.07. The minimum absolute atomic E-state index is 0.116. The first-order valence-corrected chi connectivity index (χ1v) is 9.96. The summed E-state index contributed by atoms with van der Waals surface area (Å²) in [4.78, 5) is 0. The molecule has 9 heteroatoms. The number of ether oxygens (including phenoxy) is 2. The molecule has 2 heterocycles. The molecule has 0 aromatic heterocycles. The van der Waals surface area contributed by atoms with E-state index < -0.39 is 46.3 Å². The van der Waals surface area contributed by atoms with Gasteiger partial charge < -0.3 is 9.47 Å². The molecular formula is C24H17F3N4O2. The Morgan fingerprint density at radius 3 is 2.18 bits per heavy atom. The molecule has 2 aliphatic rings. The molecule has 0 amide bonds. The monoisotopic (exact) mass is 450 g/mol. The van der Waals surface area contributed by atoms with E-state index in [2.05, 4.69) is 0 Å². The maximum atomic E-state index is 13.4. The average molecular weight is 450 g/mol. The fraction of sp³-hybridized carbons (Fsp3) is 0.333. The van der Waals surface area contributed by atoms with Crippen LogP contribution in [0.1, 0.15) is 35.3 Å². The largest absolute Gasteiger partial charge is 0.443 e. The highest BCUT2D eigenvalue weighted by Crippen LogP contribution is 2.69. The van der Waals surface area contributed by atoms with Gasteiger partial charge in [0.15, 0.2) is 5.41 Å². The fourth-order valence-electron chi connectivity index (χ4n) is 4.83. The van der Waals surface area contributed by atoms with Crippen LogP contribution in [0.3, 0.4) is 0 Å². The number of halogens is 3. The van der Waals surface area contributed by atoms with Crippen molar-refractivity contribution in [2.75, 3.05) is 0 Å². The van der Waals surface area contributed by atoms with Gasteiger partial charge in [-0.2, -0.15) is 29.0 Å². The lowest BCUT2D eigenvalue weighted by atomic mass is 9.53. The summed E-state index contributed by atoms with van der Waals surface area (Å²) in [5.41, 5.74) is -4.20. The second-order valence-electron chi connectivity index (χ2n) is 8.26. The summed E-state index contributed by atoms with van der Waals surface area (Å²) in [6.07, 6.45) is -6.28. The van der Waals surface area contributed by atoms with E-state index in [9.17, 15) is 29.0 Å². The van der Waals surface area contributed by atoms with Gasteiger partial charge in [-0.05, 0) is 24.6 Å². The Hall–Kier alpha value is -3.87. The van der Waals surface area contributed by atoms with Crippen LogP contribution in [-0.4, -0.2) is 5.90 Å². The Kier molecular flexibility index (Phi) is 4.78. The van der Waals surface area contributed by atoms with Crippen LogP contribution in [-0.2, 0) is 21.4 Å². The number of fused-ring (bicyclic) bond motifs is 2. The number of nitrogens with one attached hydrogen (secondary N) is 1. The Labute approximate surface area is 187 Å². The third kappa shape index (κ3) is 2.71.